The summed E-state index contributed by atoms with van der Waals surface area (Å²) in [7, 11) is 0. The summed E-state index contributed by atoms with van der Waals surface area (Å²) in [6.45, 7) is 0. The summed E-state index contributed by atoms with van der Waals surface area (Å²) < 4.78 is 14.4. The average molecular weight is 322 g/mol. The minimum Gasteiger partial charge on any atom is -0.481 e. The summed E-state index contributed by atoms with van der Waals surface area (Å²) in [5.41, 5.74) is -1.04. The molecular weight excluding hydrogens is 310 g/mol. The van der Waals surface area contributed by atoms with E-state index in [0.29, 0.717) is 12.8 Å². The summed E-state index contributed by atoms with van der Waals surface area (Å²) in [6, 6.07) is 3.03. The second-order valence-electron chi connectivity index (χ2n) is 4.31. The molecule has 1 aromatic rings. The summed E-state index contributed by atoms with van der Waals surface area (Å²) in [5, 5.41) is 9.61. The molecule has 0 heterocycles. The lowest BCUT2D eigenvalue weighted by atomic mass is 9.78. The lowest BCUT2D eigenvalue weighted by Gasteiger charge is -2.26. The number of rotatable bonds is 2. The van der Waals surface area contributed by atoms with Crippen LogP contribution in [0.3, 0.4) is 0 Å². The minimum atomic E-state index is -1.16. The van der Waals surface area contributed by atoms with E-state index in [4.69, 9.17) is 11.6 Å². The van der Waals surface area contributed by atoms with Crippen molar-refractivity contribution in [3.63, 3.8) is 0 Å². The highest BCUT2D eigenvalue weighted by atomic mass is 79.9. The molecule has 0 spiro atoms. The number of benzene rings is 1. The third-order valence-corrected chi connectivity index (χ3v) is 4.32. The second-order valence-corrected chi connectivity index (χ2v) is 5.57. The van der Waals surface area contributed by atoms with E-state index in [-0.39, 0.29) is 15.1 Å². The van der Waals surface area contributed by atoms with E-state index in [1.165, 1.54) is 12.1 Å². The molecule has 5 heteroatoms. The van der Waals surface area contributed by atoms with Crippen LogP contribution in [0.1, 0.15) is 31.2 Å². The largest absolute Gasteiger partial charge is 0.481 e. The highest BCUT2D eigenvalue weighted by molar-refractivity contribution is 9.10. The molecular formula is C12H11BrClFO2. The molecule has 1 aliphatic carbocycles. The Morgan fingerprint density at radius 3 is 2.53 bits per heavy atom. The Morgan fingerprint density at radius 1 is 1.41 bits per heavy atom. The highest BCUT2D eigenvalue weighted by Crippen LogP contribution is 2.46. The Balaban J connectivity index is 2.66. The van der Waals surface area contributed by atoms with Gasteiger partial charge in [-0.05, 0) is 40.9 Å². The Labute approximate surface area is 112 Å². The Hall–Kier alpha value is -0.610. The Bertz CT molecular complexity index is 470. The SMILES string of the molecule is O=C(O)C1(c2c(Cl)ccc(Br)c2F)CCCC1. The van der Waals surface area contributed by atoms with Gasteiger partial charge in [0.05, 0.1) is 9.89 Å². The Morgan fingerprint density at radius 2 is 2.00 bits per heavy atom. The van der Waals surface area contributed by atoms with E-state index in [1.807, 2.05) is 0 Å². The van der Waals surface area contributed by atoms with E-state index in [2.05, 4.69) is 15.9 Å². The van der Waals surface area contributed by atoms with E-state index < -0.39 is 17.2 Å². The molecule has 1 N–H and O–H groups in total. The first-order valence-electron chi connectivity index (χ1n) is 5.36. The van der Waals surface area contributed by atoms with Crippen LogP contribution in [0.15, 0.2) is 16.6 Å². The summed E-state index contributed by atoms with van der Waals surface area (Å²) in [5.74, 6) is -1.55. The van der Waals surface area contributed by atoms with Gasteiger partial charge < -0.3 is 5.11 Å². The maximum absolute atomic E-state index is 14.1. The van der Waals surface area contributed by atoms with Crippen molar-refractivity contribution in [1.29, 1.82) is 0 Å². The fraction of sp³-hybridized carbons (Fsp3) is 0.417. The first-order valence-corrected chi connectivity index (χ1v) is 6.53. The normalized spacial score (nSPS) is 18.3. The predicted octanol–water partition coefficient (Wildman–Crippen LogP) is 4.14. The van der Waals surface area contributed by atoms with Crippen molar-refractivity contribution < 1.29 is 14.3 Å². The zero-order chi connectivity index (χ0) is 12.6. The monoisotopic (exact) mass is 320 g/mol. The standard InChI is InChI=1S/C12H11BrClFO2/c13-7-3-4-8(14)9(10(7)15)12(11(16)17)5-1-2-6-12/h3-4H,1-2,5-6H2,(H,16,17). The molecule has 0 unspecified atom stereocenters. The second kappa shape index (κ2) is 4.58. The molecule has 1 fully saturated rings. The van der Waals surface area contributed by atoms with Crippen LogP contribution in [0.2, 0.25) is 5.02 Å². The number of halogens is 3. The molecule has 92 valence electrons. The zero-order valence-corrected chi connectivity index (χ0v) is 11.3. The molecule has 2 rings (SSSR count). The number of hydrogen-bond acceptors (Lipinski definition) is 1. The molecule has 0 saturated heterocycles. The third-order valence-electron chi connectivity index (χ3n) is 3.39. The van der Waals surface area contributed by atoms with Crippen LogP contribution < -0.4 is 0 Å². The van der Waals surface area contributed by atoms with E-state index in [0.717, 1.165) is 12.8 Å². The van der Waals surface area contributed by atoms with Crippen LogP contribution in [-0.2, 0) is 10.2 Å². The first-order chi connectivity index (χ1) is 7.99. The molecule has 0 bridgehead atoms. The van der Waals surface area contributed by atoms with Crippen molar-refractivity contribution in [3.8, 4) is 0 Å². The van der Waals surface area contributed by atoms with Crippen LogP contribution in [0.25, 0.3) is 0 Å². The number of carboxylic acids is 1. The van der Waals surface area contributed by atoms with Crippen molar-refractivity contribution in [2.75, 3.05) is 0 Å². The lowest BCUT2D eigenvalue weighted by Crippen LogP contribution is -2.34. The van der Waals surface area contributed by atoms with Gasteiger partial charge in [-0.25, -0.2) is 4.39 Å². The molecule has 0 amide bonds. The Kier molecular flexibility index (Phi) is 3.46. The van der Waals surface area contributed by atoms with Gasteiger partial charge in [0, 0.05) is 10.6 Å². The number of hydrogen-bond donors (Lipinski definition) is 1. The quantitative estimate of drug-likeness (QED) is 0.831. The average Bonchev–Trinajstić information content (AvgIpc) is 2.74. The fourth-order valence-corrected chi connectivity index (χ4v) is 3.17. The predicted molar refractivity (Wildman–Crippen MR) is 66.9 cm³/mol. The van der Waals surface area contributed by atoms with Crippen LogP contribution >= 0.6 is 27.5 Å². The van der Waals surface area contributed by atoms with Gasteiger partial charge >= 0.3 is 5.97 Å². The van der Waals surface area contributed by atoms with Crippen LogP contribution in [0, 0.1) is 5.82 Å². The summed E-state index contributed by atoms with van der Waals surface area (Å²) >= 11 is 9.06. The number of carboxylic acid groups (broad SMARTS) is 1. The first kappa shape index (κ1) is 12.8. The molecule has 0 atom stereocenters. The molecule has 17 heavy (non-hydrogen) atoms. The maximum atomic E-state index is 14.1. The van der Waals surface area contributed by atoms with E-state index >= 15 is 0 Å². The summed E-state index contributed by atoms with van der Waals surface area (Å²) in [4.78, 5) is 11.5. The maximum Gasteiger partial charge on any atom is 0.314 e. The molecule has 0 aromatic heterocycles. The van der Waals surface area contributed by atoms with Gasteiger partial charge in [-0.15, -0.1) is 0 Å². The van der Waals surface area contributed by atoms with Gasteiger partial charge in [0.2, 0.25) is 0 Å². The van der Waals surface area contributed by atoms with Crippen molar-refractivity contribution in [3.05, 3.63) is 33.0 Å². The lowest BCUT2D eigenvalue weighted by molar-refractivity contribution is -0.143. The van der Waals surface area contributed by atoms with Gasteiger partial charge in [-0.1, -0.05) is 24.4 Å². The number of carbonyl (C=O) groups is 1. The van der Waals surface area contributed by atoms with Gasteiger partial charge in [0.15, 0.2) is 0 Å². The topological polar surface area (TPSA) is 37.3 Å². The number of aliphatic carboxylic acids is 1. The minimum absolute atomic E-state index is 0.124. The van der Waals surface area contributed by atoms with Crippen molar-refractivity contribution >= 4 is 33.5 Å². The summed E-state index contributed by atoms with van der Waals surface area (Å²) in [6.07, 6.45) is 2.45. The van der Waals surface area contributed by atoms with Gasteiger partial charge in [0.25, 0.3) is 0 Å². The fourth-order valence-electron chi connectivity index (χ4n) is 2.52. The molecule has 0 radical (unpaired) electrons. The van der Waals surface area contributed by atoms with Gasteiger partial charge in [-0.2, -0.15) is 0 Å². The van der Waals surface area contributed by atoms with Crippen molar-refractivity contribution in [2.24, 2.45) is 0 Å². The van der Waals surface area contributed by atoms with Gasteiger partial charge in [-0.3, -0.25) is 4.79 Å². The van der Waals surface area contributed by atoms with E-state index in [1.54, 1.807) is 0 Å². The van der Waals surface area contributed by atoms with Crippen LogP contribution in [0.5, 0.6) is 0 Å². The van der Waals surface area contributed by atoms with Crippen molar-refractivity contribution in [1.82, 2.24) is 0 Å². The van der Waals surface area contributed by atoms with Crippen LogP contribution in [-0.4, -0.2) is 11.1 Å². The zero-order valence-electron chi connectivity index (χ0n) is 8.97. The molecule has 1 aliphatic rings. The van der Waals surface area contributed by atoms with E-state index in [9.17, 15) is 14.3 Å². The van der Waals surface area contributed by atoms with Crippen LogP contribution in [0.4, 0.5) is 4.39 Å². The molecule has 1 saturated carbocycles. The third kappa shape index (κ3) is 1.97. The van der Waals surface area contributed by atoms with Crippen molar-refractivity contribution in [2.45, 2.75) is 31.1 Å². The highest BCUT2D eigenvalue weighted by Gasteiger charge is 2.46. The molecule has 1 aromatic carbocycles. The molecule has 2 nitrogen and oxygen atoms in total. The van der Waals surface area contributed by atoms with Gasteiger partial charge in [0.1, 0.15) is 5.82 Å². The smallest absolute Gasteiger partial charge is 0.314 e. The molecule has 0 aliphatic heterocycles.